The second-order valence-corrected chi connectivity index (χ2v) is 2.88. The van der Waals surface area contributed by atoms with E-state index < -0.39 is 10.0 Å². The molecule has 1 aliphatic rings. The third kappa shape index (κ3) is 1.77. The van der Waals surface area contributed by atoms with Crippen molar-refractivity contribution in [3.63, 3.8) is 0 Å². The minimum atomic E-state index is -3.36. The molecular weight excluding hydrogens is 140 g/mol. The lowest BCUT2D eigenvalue weighted by molar-refractivity contribution is 0.606. The van der Waals surface area contributed by atoms with Gasteiger partial charge in [-0.3, -0.25) is 0 Å². The first-order chi connectivity index (χ1) is 4.21. The van der Waals surface area contributed by atoms with Gasteiger partial charge in [0.25, 0.3) is 10.0 Å². The summed E-state index contributed by atoms with van der Waals surface area (Å²) in [5.41, 5.74) is 0. The van der Waals surface area contributed by atoms with Crippen molar-refractivity contribution >= 4 is 22.6 Å². The van der Waals surface area contributed by atoms with Gasteiger partial charge in [-0.05, 0) is 6.08 Å². The van der Waals surface area contributed by atoms with Crippen LogP contribution >= 0.6 is 0 Å². The van der Waals surface area contributed by atoms with Crippen molar-refractivity contribution in [2.75, 3.05) is 0 Å². The van der Waals surface area contributed by atoms with E-state index in [0.717, 1.165) is 11.7 Å². The smallest absolute Gasteiger partial charge is 0.244 e. The average molecular weight is 144 g/mol. The molecule has 48 valence electrons. The summed E-state index contributed by atoms with van der Waals surface area (Å²) in [6, 6.07) is 0. The van der Waals surface area contributed by atoms with Crippen LogP contribution in [0, 0.1) is 0 Å². The number of hydrogen-bond donors (Lipinski definition) is 0. The fourth-order valence-corrected chi connectivity index (χ4v) is 0.876. The highest BCUT2D eigenvalue weighted by molar-refractivity contribution is 7.93. The summed E-state index contributed by atoms with van der Waals surface area (Å²) >= 11 is 0. The van der Waals surface area contributed by atoms with Crippen molar-refractivity contribution in [3.8, 4) is 0 Å². The van der Waals surface area contributed by atoms with Crippen LogP contribution in [0.1, 0.15) is 0 Å². The van der Waals surface area contributed by atoms with Gasteiger partial charge in [-0.2, -0.15) is 8.42 Å². The quantitative estimate of drug-likeness (QED) is 0.478. The van der Waals surface area contributed by atoms with Gasteiger partial charge in [0.15, 0.2) is 0 Å². The zero-order valence-electron chi connectivity index (χ0n) is 4.43. The molecule has 0 radical (unpaired) electrons. The van der Waals surface area contributed by atoms with Crippen LogP contribution in [0.3, 0.4) is 0 Å². The minimum Gasteiger partial charge on any atom is -0.244 e. The highest BCUT2D eigenvalue weighted by Gasteiger charge is 1.98. The third-order valence-corrected chi connectivity index (χ3v) is 1.57. The summed E-state index contributed by atoms with van der Waals surface area (Å²) in [5.74, 6) is 0. The van der Waals surface area contributed by atoms with Crippen LogP contribution in [-0.2, 0) is 10.0 Å². The van der Waals surface area contributed by atoms with Crippen molar-refractivity contribution in [1.82, 2.24) is 0 Å². The zero-order chi connectivity index (χ0) is 6.74. The Hall–Kier alpha value is -0.970. The normalized spacial score (nSPS) is 21.8. The molecule has 4 nitrogen and oxygen atoms in total. The molecule has 0 atom stereocenters. The number of rotatable bonds is 0. The fourth-order valence-electron chi connectivity index (χ4n) is 0.351. The van der Waals surface area contributed by atoms with Crippen molar-refractivity contribution in [3.05, 3.63) is 11.5 Å². The molecule has 5 heteroatoms. The maximum atomic E-state index is 10.5. The first kappa shape index (κ1) is 6.15. The van der Waals surface area contributed by atoms with Crippen molar-refractivity contribution in [2.45, 2.75) is 0 Å². The van der Waals surface area contributed by atoms with Crippen LogP contribution in [0.5, 0.6) is 0 Å². The summed E-state index contributed by atoms with van der Waals surface area (Å²) in [6.45, 7) is 0. The Morgan fingerprint density at radius 3 is 2.89 bits per heavy atom. The molecule has 0 bridgehead atoms. The molecule has 0 saturated carbocycles. The largest absolute Gasteiger partial charge is 0.276 e. The summed E-state index contributed by atoms with van der Waals surface area (Å²) in [5, 5.41) is 0.986. The number of nitrogens with zero attached hydrogens (tertiary/aromatic N) is 2. The van der Waals surface area contributed by atoms with Crippen LogP contribution in [0.15, 0.2) is 20.9 Å². The minimum absolute atomic E-state index is 0.986. The molecule has 0 aromatic heterocycles. The Bertz CT molecular complexity index is 251. The first-order valence-electron chi connectivity index (χ1n) is 2.19. The maximum Gasteiger partial charge on any atom is 0.276 e. The van der Waals surface area contributed by atoms with Crippen LogP contribution in [0.25, 0.3) is 0 Å². The Kier molecular flexibility index (Phi) is 1.44. The van der Waals surface area contributed by atoms with Gasteiger partial charge in [0.1, 0.15) is 6.34 Å². The van der Waals surface area contributed by atoms with Crippen LogP contribution < -0.4 is 0 Å². The molecule has 0 aromatic carbocycles. The van der Waals surface area contributed by atoms with E-state index in [1.54, 1.807) is 0 Å². The van der Waals surface area contributed by atoms with Gasteiger partial charge in [-0.25, -0.2) is 4.99 Å². The number of hydrogen-bond acceptors (Lipinski definition) is 3. The molecule has 9 heavy (non-hydrogen) atoms. The average Bonchev–Trinajstić information content (AvgIpc) is 1.92. The molecular formula is C4H4N2O2S. The molecule has 1 rings (SSSR count). The van der Waals surface area contributed by atoms with Crippen LogP contribution in [-0.4, -0.2) is 21.0 Å². The maximum absolute atomic E-state index is 10.5. The molecule has 1 heterocycles. The molecule has 0 unspecified atom stereocenters. The Morgan fingerprint density at radius 2 is 2.11 bits per heavy atom. The number of aliphatic imine (C=N–C) groups is 1. The molecule has 0 spiro atoms. The SMILES string of the molecule is O=S1(=O)C=CC=NC=N1. The van der Waals surface area contributed by atoms with E-state index in [0.29, 0.717) is 0 Å². The second kappa shape index (κ2) is 2.10. The van der Waals surface area contributed by atoms with Gasteiger partial charge in [-0.1, -0.05) is 0 Å². The number of sulfonamides is 1. The highest BCUT2D eigenvalue weighted by atomic mass is 32.2. The Balaban J connectivity index is 3.11. The van der Waals surface area contributed by atoms with E-state index in [2.05, 4.69) is 9.39 Å². The standard InChI is InChI=1S/C4H4N2O2S/c7-9(8)3-1-2-5-4-6-9/h1-4H. The summed E-state index contributed by atoms with van der Waals surface area (Å²) < 4.78 is 24.1. The lowest BCUT2D eigenvalue weighted by Crippen LogP contribution is -1.86. The van der Waals surface area contributed by atoms with Gasteiger partial charge in [0, 0.05) is 6.21 Å². The van der Waals surface area contributed by atoms with E-state index in [-0.39, 0.29) is 0 Å². The van der Waals surface area contributed by atoms with Gasteiger partial charge in [0.05, 0.1) is 5.41 Å². The topological polar surface area (TPSA) is 58.9 Å². The van der Waals surface area contributed by atoms with Gasteiger partial charge < -0.3 is 0 Å². The molecule has 0 aromatic rings. The van der Waals surface area contributed by atoms with Crippen molar-refractivity contribution < 1.29 is 8.42 Å². The Labute approximate surface area is 52.7 Å². The predicted octanol–water partition coefficient (Wildman–Crippen LogP) is -0.0574. The number of allylic oxidation sites excluding steroid dienone is 1. The first-order valence-corrected chi connectivity index (χ1v) is 3.70. The van der Waals surface area contributed by atoms with E-state index in [1.807, 2.05) is 0 Å². The second-order valence-electron chi connectivity index (χ2n) is 1.36. The Morgan fingerprint density at radius 1 is 1.33 bits per heavy atom. The fraction of sp³-hybridized carbons (Fsp3) is 0. The highest BCUT2D eigenvalue weighted by Crippen LogP contribution is 1.94. The van der Waals surface area contributed by atoms with Crippen molar-refractivity contribution in [1.29, 1.82) is 0 Å². The van der Waals surface area contributed by atoms with Gasteiger partial charge in [0.2, 0.25) is 0 Å². The third-order valence-electron chi connectivity index (χ3n) is 0.683. The molecule has 0 aliphatic carbocycles. The van der Waals surface area contributed by atoms with E-state index in [1.165, 1.54) is 12.3 Å². The van der Waals surface area contributed by atoms with Gasteiger partial charge >= 0.3 is 0 Å². The van der Waals surface area contributed by atoms with E-state index in [9.17, 15) is 8.42 Å². The molecule has 0 saturated heterocycles. The lowest BCUT2D eigenvalue weighted by atomic mass is 10.7. The summed E-state index contributed by atoms with van der Waals surface area (Å²) in [4.78, 5) is 3.48. The monoisotopic (exact) mass is 144 g/mol. The molecule has 1 aliphatic heterocycles. The van der Waals surface area contributed by atoms with Crippen molar-refractivity contribution in [2.24, 2.45) is 9.39 Å². The van der Waals surface area contributed by atoms with E-state index in [4.69, 9.17) is 0 Å². The van der Waals surface area contributed by atoms with Crippen LogP contribution in [0.4, 0.5) is 0 Å². The lowest BCUT2D eigenvalue weighted by Gasteiger charge is -1.79. The summed E-state index contributed by atoms with van der Waals surface area (Å²) in [7, 11) is -3.36. The molecule has 0 N–H and O–H groups in total. The van der Waals surface area contributed by atoms with Gasteiger partial charge in [-0.15, -0.1) is 4.40 Å². The van der Waals surface area contributed by atoms with Crippen LogP contribution in [0.2, 0.25) is 0 Å². The summed E-state index contributed by atoms with van der Waals surface area (Å²) in [6.07, 6.45) is 3.67. The zero-order valence-corrected chi connectivity index (χ0v) is 5.25. The predicted molar refractivity (Wildman–Crippen MR) is 35.0 cm³/mol. The van der Waals surface area contributed by atoms with E-state index >= 15 is 0 Å². The molecule has 0 fully saturated rings. The molecule has 0 amide bonds.